The molecule has 0 spiro atoms. The lowest BCUT2D eigenvalue weighted by molar-refractivity contribution is -0.135. The lowest BCUT2D eigenvalue weighted by Crippen LogP contribution is -2.18. The molecule has 0 saturated carbocycles. The number of halogens is 4. The molecular weight excluding hydrogens is 277 g/mol. The van der Waals surface area contributed by atoms with Crippen LogP contribution >= 0.6 is 11.6 Å². The summed E-state index contributed by atoms with van der Waals surface area (Å²) in [5.41, 5.74) is 1.62. The van der Waals surface area contributed by atoms with Gasteiger partial charge in [0.2, 0.25) is 0 Å². The summed E-state index contributed by atoms with van der Waals surface area (Å²) in [6, 6.07) is 5.41. The second-order valence-electron chi connectivity index (χ2n) is 5.55. The smallest absolute Gasteiger partial charge is 0.389 e. The van der Waals surface area contributed by atoms with E-state index < -0.39 is 18.0 Å². The van der Waals surface area contributed by atoms with Gasteiger partial charge in [0.1, 0.15) is 5.75 Å². The van der Waals surface area contributed by atoms with E-state index in [-0.39, 0.29) is 11.8 Å². The molecule has 0 bridgehead atoms. The molecule has 0 aliphatic carbocycles. The summed E-state index contributed by atoms with van der Waals surface area (Å²) < 4.78 is 42.1. The molecule has 19 heavy (non-hydrogen) atoms. The van der Waals surface area contributed by atoms with Crippen molar-refractivity contribution in [3.8, 4) is 5.75 Å². The van der Waals surface area contributed by atoms with Gasteiger partial charge in [-0.3, -0.25) is 0 Å². The maximum Gasteiger partial charge on any atom is 0.389 e. The number of hydrogen-bond acceptors (Lipinski definition) is 1. The Bertz CT molecular complexity index is 468. The third-order valence-electron chi connectivity index (χ3n) is 3.36. The molecule has 0 N–H and O–H groups in total. The van der Waals surface area contributed by atoms with Crippen molar-refractivity contribution in [1.82, 2.24) is 0 Å². The van der Waals surface area contributed by atoms with Crippen LogP contribution in [-0.4, -0.2) is 12.8 Å². The SMILES string of the molecule is CC1(C)COc2ccc(C(Cl)CCC(F)(F)F)cc21. The quantitative estimate of drug-likeness (QED) is 0.714. The van der Waals surface area contributed by atoms with Gasteiger partial charge in [-0.1, -0.05) is 19.9 Å². The third kappa shape index (κ3) is 3.35. The summed E-state index contributed by atoms with van der Waals surface area (Å²) in [7, 11) is 0. The van der Waals surface area contributed by atoms with E-state index in [0.29, 0.717) is 6.61 Å². The van der Waals surface area contributed by atoms with E-state index in [2.05, 4.69) is 0 Å². The van der Waals surface area contributed by atoms with Crippen molar-refractivity contribution >= 4 is 11.6 Å². The fraction of sp³-hybridized carbons (Fsp3) is 0.571. The Hall–Kier alpha value is -0.900. The fourth-order valence-corrected chi connectivity index (χ4v) is 2.44. The Morgan fingerprint density at radius 1 is 1.37 bits per heavy atom. The lowest BCUT2D eigenvalue weighted by Gasteiger charge is -2.17. The number of hydrogen-bond donors (Lipinski definition) is 0. The van der Waals surface area contributed by atoms with Gasteiger partial charge >= 0.3 is 6.18 Å². The van der Waals surface area contributed by atoms with Crippen molar-refractivity contribution in [3.63, 3.8) is 0 Å². The van der Waals surface area contributed by atoms with Crippen LogP contribution < -0.4 is 4.74 Å². The molecule has 106 valence electrons. The number of benzene rings is 1. The molecule has 1 atom stereocenters. The molecule has 0 fully saturated rings. The van der Waals surface area contributed by atoms with Gasteiger partial charge in [0.05, 0.1) is 12.0 Å². The summed E-state index contributed by atoms with van der Waals surface area (Å²) in [6.07, 6.45) is -5.13. The zero-order valence-electron chi connectivity index (χ0n) is 10.9. The summed E-state index contributed by atoms with van der Waals surface area (Å²) in [5.74, 6) is 0.799. The van der Waals surface area contributed by atoms with Gasteiger partial charge < -0.3 is 4.74 Å². The second-order valence-corrected chi connectivity index (χ2v) is 6.08. The largest absolute Gasteiger partial charge is 0.492 e. The van der Waals surface area contributed by atoms with Crippen LogP contribution in [0.3, 0.4) is 0 Å². The van der Waals surface area contributed by atoms with Gasteiger partial charge in [0.15, 0.2) is 0 Å². The zero-order valence-corrected chi connectivity index (χ0v) is 11.6. The van der Waals surface area contributed by atoms with Gasteiger partial charge in [0.25, 0.3) is 0 Å². The minimum Gasteiger partial charge on any atom is -0.492 e. The van der Waals surface area contributed by atoms with E-state index in [4.69, 9.17) is 16.3 Å². The van der Waals surface area contributed by atoms with Gasteiger partial charge in [-0.2, -0.15) is 13.2 Å². The Balaban J connectivity index is 2.14. The molecule has 1 aromatic carbocycles. The highest BCUT2D eigenvalue weighted by molar-refractivity contribution is 6.20. The second kappa shape index (κ2) is 4.89. The van der Waals surface area contributed by atoms with Crippen molar-refractivity contribution in [3.05, 3.63) is 29.3 Å². The molecule has 1 unspecified atom stereocenters. The molecule has 0 saturated heterocycles. The minimum absolute atomic E-state index is 0.106. The first kappa shape index (κ1) is 14.5. The highest BCUT2D eigenvalue weighted by atomic mass is 35.5. The molecule has 2 rings (SSSR count). The first-order chi connectivity index (χ1) is 8.69. The summed E-state index contributed by atoms with van der Waals surface area (Å²) in [4.78, 5) is 0. The van der Waals surface area contributed by atoms with Crippen molar-refractivity contribution in [2.24, 2.45) is 0 Å². The molecule has 5 heteroatoms. The van der Waals surface area contributed by atoms with E-state index in [0.717, 1.165) is 16.9 Å². The Labute approximate surface area is 115 Å². The third-order valence-corrected chi connectivity index (χ3v) is 3.83. The average molecular weight is 293 g/mol. The van der Waals surface area contributed by atoms with Crippen LogP contribution in [0.2, 0.25) is 0 Å². The molecule has 1 heterocycles. The highest BCUT2D eigenvalue weighted by Crippen LogP contribution is 2.41. The van der Waals surface area contributed by atoms with Crippen LogP contribution in [0, 0.1) is 0 Å². The molecular formula is C14H16ClF3O. The predicted octanol–water partition coefficient (Wildman–Crippen LogP) is 4.98. The molecule has 1 aliphatic heterocycles. The average Bonchev–Trinajstić information content (AvgIpc) is 2.61. The minimum atomic E-state index is -4.16. The normalized spacial score (nSPS) is 18.8. The van der Waals surface area contributed by atoms with Crippen LogP contribution in [0.25, 0.3) is 0 Å². The first-order valence-corrected chi connectivity index (χ1v) is 6.61. The van der Waals surface area contributed by atoms with Crippen molar-refractivity contribution < 1.29 is 17.9 Å². The Morgan fingerprint density at radius 2 is 2.05 bits per heavy atom. The van der Waals surface area contributed by atoms with Gasteiger partial charge in [-0.25, -0.2) is 0 Å². The first-order valence-electron chi connectivity index (χ1n) is 6.17. The van der Waals surface area contributed by atoms with E-state index >= 15 is 0 Å². The van der Waals surface area contributed by atoms with Crippen molar-refractivity contribution in [2.45, 2.75) is 43.7 Å². The maximum absolute atomic E-state index is 12.2. The molecule has 1 aromatic rings. The van der Waals surface area contributed by atoms with Crippen molar-refractivity contribution in [1.29, 1.82) is 0 Å². The van der Waals surface area contributed by atoms with E-state index in [9.17, 15) is 13.2 Å². The number of fused-ring (bicyclic) bond motifs is 1. The monoisotopic (exact) mass is 292 g/mol. The van der Waals surface area contributed by atoms with Crippen LogP contribution in [-0.2, 0) is 5.41 Å². The zero-order chi connectivity index (χ0) is 14.3. The Morgan fingerprint density at radius 3 is 2.68 bits per heavy atom. The topological polar surface area (TPSA) is 9.23 Å². The molecule has 1 aliphatic rings. The lowest BCUT2D eigenvalue weighted by atomic mass is 9.85. The van der Waals surface area contributed by atoms with Crippen LogP contribution in [0.5, 0.6) is 5.75 Å². The number of rotatable bonds is 3. The summed E-state index contributed by atoms with van der Waals surface area (Å²) in [5, 5.41) is -0.622. The highest BCUT2D eigenvalue weighted by Gasteiger charge is 2.33. The summed E-state index contributed by atoms with van der Waals surface area (Å²) in [6.45, 7) is 4.67. The molecule has 0 aromatic heterocycles. The molecule has 0 radical (unpaired) electrons. The van der Waals surface area contributed by atoms with E-state index in [1.807, 2.05) is 19.9 Å². The summed E-state index contributed by atoms with van der Waals surface area (Å²) >= 11 is 6.07. The van der Waals surface area contributed by atoms with E-state index in [1.165, 1.54) is 0 Å². The van der Waals surface area contributed by atoms with E-state index in [1.54, 1.807) is 12.1 Å². The van der Waals surface area contributed by atoms with Crippen LogP contribution in [0.1, 0.15) is 43.2 Å². The maximum atomic E-state index is 12.2. The number of ether oxygens (including phenoxy) is 1. The van der Waals surface area contributed by atoms with Crippen LogP contribution in [0.4, 0.5) is 13.2 Å². The fourth-order valence-electron chi connectivity index (χ4n) is 2.19. The Kier molecular flexibility index (Phi) is 3.74. The molecule has 1 nitrogen and oxygen atoms in total. The molecule has 0 amide bonds. The van der Waals surface area contributed by atoms with Crippen LogP contribution in [0.15, 0.2) is 18.2 Å². The van der Waals surface area contributed by atoms with Gasteiger partial charge in [-0.05, 0) is 24.1 Å². The number of alkyl halides is 4. The van der Waals surface area contributed by atoms with Gasteiger partial charge in [0, 0.05) is 17.4 Å². The standard InChI is InChI=1S/C14H16ClF3O/c1-13(2)8-19-12-4-3-9(7-10(12)13)11(15)5-6-14(16,17)18/h3-4,7,11H,5-6,8H2,1-2H3. The van der Waals surface area contributed by atoms with Crippen molar-refractivity contribution in [2.75, 3.05) is 6.61 Å². The predicted molar refractivity (Wildman–Crippen MR) is 68.8 cm³/mol. The van der Waals surface area contributed by atoms with Gasteiger partial charge in [-0.15, -0.1) is 11.6 Å².